The number of nitrogens with one attached hydrogen (secondary N) is 2. The molecule has 0 saturated carbocycles. The Labute approximate surface area is 222 Å². The average Bonchev–Trinajstić information content (AvgIpc) is 3.22. The third kappa shape index (κ3) is 6.39. The number of anilines is 2. The number of hydrogen-bond donors (Lipinski definition) is 5. The molecule has 15 heteroatoms. The maximum absolute atomic E-state index is 13.7. The van der Waals surface area contributed by atoms with Crippen molar-refractivity contribution in [1.29, 1.82) is 0 Å². The number of amides is 3. The first-order valence-corrected chi connectivity index (χ1v) is 11.1. The van der Waals surface area contributed by atoms with Gasteiger partial charge in [0.15, 0.2) is 17.5 Å². The van der Waals surface area contributed by atoms with Gasteiger partial charge in [0.1, 0.15) is 11.5 Å². The number of carbonyl (C=O) groups is 3. The van der Waals surface area contributed by atoms with E-state index in [1.807, 2.05) is 0 Å². The van der Waals surface area contributed by atoms with Gasteiger partial charge >= 0.3 is 24.3 Å². The SMILES string of the molecule is NC(=O)OC(=O)c1cc(Oc2ccc(NC(=O)Nc3ccc(-n4c(O)ccc4O)c(C(F)(F)F)c3)cc2)ccn1. The maximum atomic E-state index is 13.7. The maximum Gasteiger partial charge on any atom is 0.418 e. The minimum absolute atomic E-state index is 0.176. The number of pyridine rings is 1. The van der Waals surface area contributed by atoms with Gasteiger partial charge in [-0.05, 0) is 48.5 Å². The van der Waals surface area contributed by atoms with Crippen molar-refractivity contribution in [2.45, 2.75) is 6.18 Å². The Morgan fingerprint density at radius 2 is 1.48 bits per heavy atom. The van der Waals surface area contributed by atoms with E-state index in [4.69, 9.17) is 10.5 Å². The average molecular weight is 557 g/mol. The lowest BCUT2D eigenvalue weighted by Crippen LogP contribution is -2.20. The molecule has 6 N–H and O–H groups in total. The molecule has 0 aliphatic rings. The molecule has 2 heterocycles. The second-order valence-electron chi connectivity index (χ2n) is 7.91. The zero-order valence-corrected chi connectivity index (χ0v) is 20.0. The molecule has 0 radical (unpaired) electrons. The van der Waals surface area contributed by atoms with Gasteiger partial charge < -0.3 is 36.1 Å². The summed E-state index contributed by atoms with van der Waals surface area (Å²) in [5.74, 6) is -1.82. The summed E-state index contributed by atoms with van der Waals surface area (Å²) in [5, 5.41) is 24.4. The number of aromatic hydroxyl groups is 2. The lowest BCUT2D eigenvalue weighted by Gasteiger charge is -2.17. The fourth-order valence-electron chi connectivity index (χ4n) is 3.46. The highest BCUT2D eigenvalue weighted by Gasteiger charge is 2.35. The van der Waals surface area contributed by atoms with Crippen LogP contribution in [-0.4, -0.2) is 37.9 Å². The molecule has 2 aromatic heterocycles. The Balaban J connectivity index is 1.43. The van der Waals surface area contributed by atoms with Crippen LogP contribution in [0.1, 0.15) is 16.1 Å². The molecular formula is C25H18F3N5O7. The topological polar surface area (TPSA) is 178 Å². The first kappa shape index (κ1) is 27.3. The second-order valence-corrected chi connectivity index (χ2v) is 7.91. The number of halogens is 3. The van der Waals surface area contributed by atoms with E-state index in [-0.39, 0.29) is 28.6 Å². The molecule has 0 bridgehead atoms. The Morgan fingerprint density at radius 1 is 0.850 bits per heavy atom. The zero-order valence-electron chi connectivity index (χ0n) is 20.0. The van der Waals surface area contributed by atoms with Gasteiger partial charge in [-0.15, -0.1) is 0 Å². The Bertz CT molecular complexity index is 1570. The van der Waals surface area contributed by atoms with Crippen LogP contribution in [0.2, 0.25) is 0 Å². The van der Waals surface area contributed by atoms with Crippen molar-refractivity contribution in [3.05, 3.63) is 84.2 Å². The molecule has 0 aliphatic carbocycles. The quantitative estimate of drug-likeness (QED) is 0.163. The van der Waals surface area contributed by atoms with Gasteiger partial charge in [0, 0.05) is 35.8 Å². The molecule has 0 fully saturated rings. The van der Waals surface area contributed by atoms with E-state index < -0.39 is 47.3 Å². The van der Waals surface area contributed by atoms with Crippen molar-refractivity contribution >= 4 is 29.5 Å². The number of nitrogens with two attached hydrogens (primary N) is 1. The summed E-state index contributed by atoms with van der Waals surface area (Å²) in [6.07, 6.45) is -4.92. The summed E-state index contributed by atoms with van der Waals surface area (Å²) in [6, 6.07) is 12.5. The van der Waals surface area contributed by atoms with Crippen molar-refractivity contribution in [2.75, 3.05) is 10.6 Å². The highest BCUT2D eigenvalue weighted by atomic mass is 19.4. The number of carbonyl (C=O) groups excluding carboxylic acids is 3. The van der Waals surface area contributed by atoms with Crippen molar-refractivity contribution in [3.63, 3.8) is 0 Å². The highest BCUT2D eigenvalue weighted by molar-refractivity contribution is 6.00. The summed E-state index contributed by atoms with van der Waals surface area (Å²) < 4.78 is 51.6. The van der Waals surface area contributed by atoms with Crippen LogP contribution >= 0.6 is 0 Å². The van der Waals surface area contributed by atoms with Crippen LogP contribution in [0.25, 0.3) is 5.69 Å². The normalized spacial score (nSPS) is 11.0. The van der Waals surface area contributed by atoms with Gasteiger partial charge in [-0.25, -0.2) is 19.4 Å². The largest absolute Gasteiger partial charge is 0.494 e. The van der Waals surface area contributed by atoms with Gasteiger partial charge in [-0.1, -0.05) is 0 Å². The standard InChI is InChI=1S/C25H18F3N5O7/c26-25(27,28)17-11-14(3-6-19(17)33-20(34)7-8-21(33)35)32-24(38)31-13-1-4-15(5-2-13)39-16-9-10-30-18(12-16)22(36)40-23(29)37/h1-12,34-35H,(H2,29,37)(H2,31,32,38). The van der Waals surface area contributed by atoms with E-state index in [2.05, 4.69) is 20.4 Å². The monoisotopic (exact) mass is 557 g/mol. The van der Waals surface area contributed by atoms with Gasteiger partial charge in [-0.2, -0.15) is 13.2 Å². The molecule has 0 spiro atoms. The van der Waals surface area contributed by atoms with Crippen molar-refractivity contribution in [1.82, 2.24) is 9.55 Å². The fraction of sp³-hybridized carbons (Fsp3) is 0.0400. The summed E-state index contributed by atoms with van der Waals surface area (Å²) >= 11 is 0. The number of alkyl halides is 3. The molecule has 206 valence electrons. The van der Waals surface area contributed by atoms with Gasteiger partial charge in [0.2, 0.25) is 0 Å². The number of aromatic nitrogens is 2. The van der Waals surface area contributed by atoms with Crippen LogP contribution in [0.15, 0.2) is 72.9 Å². The van der Waals surface area contributed by atoms with Crippen molar-refractivity contribution in [3.8, 4) is 28.9 Å². The molecule has 40 heavy (non-hydrogen) atoms. The summed E-state index contributed by atoms with van der Waals surface area (Å²) in [6.45, 7) is 0. The number of urea groups is 1. The number of rotatable bonds is 6. The van der Waals surface area contributed by atoms with Gasteiger partial charge in [0.05, 0.1) is 11.3 Å². The van der Waals surface area contributed by atoms with Crippen LogP contribution in [0.3, 0.4) is 0 Å². The number of primary amides is 1. The van der Waals surface area contributed by atoms with Crippen LogP contribution in [-0.2, 0) is 10.9 Å². The zero-order chi connectivity index (χ0) is 29.0. The summed E-state index contributed by atoms with van der Waals surface area (Å²) in [5.41, 5.74) is 2.88. The minimum Gasteiger partial charge on any atom is -0.494 e. The third-order valence-electron chi connectivity index (χ3n) is 5.12. The smallest absolute Gasteiger partial charge is 0.418 e. The number of hydrogen-bond acceptors (Lipinski definition) is 8. The summed E-state index contributed by atoms with van der Waals surface area (Å²) in [4.78, 5) is 38.6. The van der Waals surface area contributed by atoms with E-state index >= 15 is 0 Å². The van der Waals surface area contributed by atoms with Crippen LogP contribution in [0.5, 0.6) is 23.3 Å². The molecule has 0 aliphatic heterocycles. The molecule has 0 atom stereocenters. The van der Waals surface area contributed by atoms with Gasteiger partial charge in [-0.3, -0.25) is 4.57 Å². The highest BCUT2D eigenvalue weighted by Crippen LogP contribution is 2.39. The van der Waals surface area contributed by atoms with E-state index in [0.29, 0.717) is 10.6 Å². The molecule has 0 saturated heterocycles. The molecule has 12 nitrogen and oxygen atoms in total. The number of ether oxygens (including phenoxy) is 2. The lowest BCUT2D eigenvalue weighted by atomic mass is 10.1. The predicted octanol–water partition coefficient (Wildman–Crippen LogP) is 4.97. The summed E-state index contributed by atoms with van der Waals surface area (Å²) in [7, 11) is 0. The molecule has 0 unspecified atom stereocenters. The fourth-order valence-corrected chi connectivity index (χ4v) is 3.46. The third-order valence-corrected chi connectivity index (χ3v) is 5.12. The first-order valence-electron chi connectivity index (χ1n) is 11.1. The number of nitrogens with zero attached hydrogens (tertiary/aromatic N) is 2. The predicted molar refractivity (Wildman–Crippen MR) is 132 cm³/mol. The first-order chi connectivity index (χ1) is 18.9. The van der Waals surface area contributed by atoms with Gasteiger partial charge in [0.25, 0.3) is 0 Å². The van der Waals surface area contributed by atoms with Crippen LogP contribution < -0.4 is 21.1 Å². The van der Waals surface area contributed by atoms with Crippen LogP contribution in [0.4, 0.5) is 34.1 Å². The molecule has 2 aromatic carbocycles. The second kappa shape index (κ2) is 10.9. The lowest BCUT2D eigenvalue weighted by molar-refractivity contribution is -0.137. The van der Waals surface area contributed by atoms with E-state index in [1.165, 1.54) is 48.7 Å². The Hall–Kier alpha value is -5.73. The van der Waals surface area contributed by atoms with E-state index in [9.17, 15) is 37.8 Å². The number of esters is 1. The Kier molecular flexibility index (Phi) is 7.47. The van der Waals surface area contributed by atoms with Crippen LogP contribution in [0, 0.1) is 0 Å². The molecule has 4 aromatic rings. The minimum atomic E-state index is -4.87. The van der Waals surface area contributed by atoms with E-state index in [1.54, 1.807) is 0 Å². The van der Waals surface area contributed by atoms with Crippen molar-refractivity contribution in [2.24, 2.45) is 5.73 Å². The molecule has 4 rings (SSSR count). The van der Waals surface area contributed by atoms with E-state index in [0.717, 1.165) is 18.2 Å². The number of benzene rings is 2. The molecular weight excluding hydrogens is 539 g/mol. The molecule has 3 amide bonds. The Morgan fingerprint density at radius 3 is 2.10 bits per heavy atom. The van der Waals surface area contributed by atoms with Crippen molar-refractivity contribution < 1.29 is 47.2 Å².